The van der Waals surface area contributed by atoms with Gasteiger partial charge in [0.2, 0.25) is 0 Å². The molecule has 7 heteroatoms. The Morgan fingerprint density at radius 3 is 2.68 bits per heavy atom. The van der Waals surface area contributed by atoms with Gasteiger partial charge in [-0.1, -0.05) is 12.1 Å². The molecule has 25 heavy (non-hydrogen) atoms. The van der Waals surface area contributed by atoms with Crippen molar-refractivity contribution in [3.05, 3.63) is 47.7 Å². The van der Waals surface area contributed by atoms with Crippen LogP contribution in [0.4, 0.5) is 10.2 Å². The van der Waals surface area contributed by atoms with Crippen LogP contribution in [0.3, 0.4) is 0 Å². The summed E-state index contributed by atoms with van der Waals surface area (Å²) in [6.45, 7) is 6.27. The van der Waals surface area contributed by atoms with Crippen molar-refractivity contribution in [3.8, 4) is 0 Å². The Bertz CT molecular complexity index is 898. The van der Waals surface area contributed by atoms with Gasteiger partial charge in [-0.3, -0.25) is 0 Å². The van der Waals surface area contributed by atoms with Crippen LogP contribution in [0.5, 0.6) is 0 Å². The minimum atomic E-state index is -0.186. The molecule has 0 spiro atoms. The van der Waals surface area contributed by atoms with E-state index in [2.05, 4.69) is 31.9 Å². The summed E-state index contributed by atoms with van der Waals surface area (Å²) in [6, 6.07) is 5.14. The van der Waals surface area contributed by atoms with E-state index in [1.807, 2.05) is 16.9 Å². The van der Waals surface area contributed by atoms with Crippen LogP contribution >= 0.6 is 0 Å². The van der Waals surface area contributed by atoms with Gasteiger partial charge in [0.1, 0.15) is 18.0 Å². The predicted octanol–water partition coefficient (Wildman–Crippen LogP) is 2.07. The maximum atomic E-state index is 13.5. The molecule has 0 N–H and O–H groups in total. The van der Waals surface area contributed by atoms with Crippen LogP contribution in [-0.4, -0.2) is 57.9 Å². The van der Waals surface area contributed by atoms with Crippen molar-refractivity contribution >= 4 is 16.9 Å². The number of aryl methyl sites for hydroxylation is 1. The molecule has 0 atom stereocenters. The molecule has 1 aliphatic rings. The van der Waals surface area contributed by atoms with Crippen LogP contribution in [-0.2, 0) is 6.54 Å². The molecule has 1 fully saturated rings. The number of aromatic nitrogens is 4. The second-order valence-electron chi connectivity index (χ2n) is 6.61. The number of benzene rings is 1. The topological polar surface area (TPSA) is 50.1 Å². The lowest BCUT2D eigenvalue weighted by atomic mass is 10.1. The maximum Gasteiger partial charge on any atom is 0.163 e. The molecule has 6 nitrogen and oxygen atoms in total. The fourth-order valence-electron chi connectivity index (χ4n) is 3.24. The summed E-state index contributed by atoms with van der Waals surface area (Å²) < 4.78 is 15.3. The van der Waals surface area contributed by atoms with E-state index in [1.165, 1.54) is 6.07 Å². The summed E-state index contributed by atoms with van der Waals surface area (Å²) in [5.74, 6) is 0.758. The van der Waals surface area contributed by atoms with Gasteiger partial charge in [-0.05, 0) is 31.2 Å². The zero-order chi connectivity index (χ0) is 17.4. The van der Waals surface area contributed by atoms with Gasteiger partial charge >= 0.3 is 0 Å². The molecule has 4 rings (SSSR count). The number of rotatable bonds is 3. The molecular weight excluding hydrogens is 319 g/mol. The van der Waals surface area contributed by atoms with E-state index < -0.39 is 0 Å². The first-order valence-electron chi connectivity index (χ1n) is 8.47. The summed E-state index contributed by atoms with van der Waals surface area (Å²) in [4.78, 5) is 13.5. The van der Waals surface area contributed by atoms with Gasteiger partial charge in [0.25, 0.3) is 0 Å². The number of piperazine rings is 1. The van der Waals surface area contributed by atoms with E-state index >= 15 is 0 Å². The summed E-state index contributed by atoms with van der Waals surface area (Å²) >= 11 is 0. The molecule has 1 saturated heterocycles. The van der Waals surface area contributed by atoms with Gasteiger partial charge in [0, 0.05) is 26.2 Å². The highest BCUT2D eigenvalue weighted by Crippen LogP contribution is 2.24. The van der Waals surface area contributed by atoms with Crippen LogP contribution in [0.2, 0.25) is 0 Å². The molecule has 3 aromatic rings. The highest BCUT2D eigenvalue weighted by atomic mass is 19.1. The number of nitrogens with zero attached hydrogens (tertiary/aromatic N) is 6. The predicted molar refractivity (Wildman–Crippen MR) is 95.3 cm³/mol. The zero-order valence-corrected chi connectivity index (χ0v) is 14.5. The summed E-state index contributed by atoms with van der Waals surface area (Å²) in [6.07, 6.45) is 3.43. The van der Waals surface area contributed by atoms with Crippen LogP contribution in [0.15, 0.2) is 30.7 Å². The van der Waals surface area contributed by atoms with E-state index in [1.54, 1.807) is 19.3 Å². The molecule has 0 amide bonds. The highest BCUT2D eigenvalue weighted by molar-refractivity contribution is 5.86. The van der Waals surface area contributed by atoms with Crippen molar-refractivity contribution < 1.29 is 4.39 Å². The van der Waals surface area contributed by atoms with Crippen LogP contribution in [0.1, 0.15) is 11.1 Å². The number of hydrogen-bond donors (Lipinski definition) is 0. The van der Waals surface area contributed by atoms with Gasteiger partial charge in [-0.2, -0.15) is 5.10 Å². The van der Waals surface area contributed by atoms with Gasteiger partial charge in [-0.15, -0.1) is 0 Å². The molecule has 0 unspecified atom stereocenters. The van der Waals surface area contributed by atoms with Crippen molar-refractivity contribution in [1.29, 1.82) is 0 Å². The zero-order valence-electron chi connectivity index (χ0n) is 14.5. The first-order chi connectivity index (χ1) is 12.1. The number of fused-ring (bicyclic) bond motifs is 1. The lowest BCUT2D eigenvalue weighted by Crippen LogP contribution is -2.44. The quantitative estimate of drug-likeness (QED) is 0.731. The highest BCUT2D eigenvalue weighted by Gasteiger charge is 2.19. The van der Waals surface area contributed by atoms with Gasteiger partial charge in [0.05, 0.1) is 18.1 Å². The average Bonchev–Trinajstić information content (AvgIpc) is 3.02. The summed E-state index contributed by atoms with van der Waals surface area (Å²) in [5.41, 5.74) is 2.45. The molecule has 0 radical (unpaired) electrons. The SMILES string of the molecule is Cc1cc(Cn2ncc3c(N4CCN(C)CC4)ncnc32)ccc1F. The minimum Gasteiger partial charge on any atom is -0.353 e. The van der Waals surface area contributed by atoms with Crippen molar-refractivity contribution in [3.63, 3.8) is 0 Å². The van der Waals surface area contributed by atoms with Crippen LogP contribution in [0, 0.1) is 12.7 Å². The Kier molecular flexibility index (Phi) is 4.09. The second kappa shape index (κ2) is 6.40. The number of likely N-dealkylation sites (N-methyl/N-ethyl adjacent to an activating group) is 1. The standard InChI is InChI=1S/C18H21FN6/c1-13-9-14(3-4-16(13)19)11-25-18-15(10-22-25)17(20-12-21-18)24-7-5-23(2)6-8-24/h3-4,9-10,12H,5-8,11H2,1-2H3. The number of halogens is 1. The number of anilines is 1. The molecule has 1 aliphatic heterocycles. The third-order valence-corrected chi connectivity index (χ3v) is 4.77. The first kappa shape index (κ1) is 16.0. The van der Waals surface area contributed by atoms with Crippen LogP contribution in [0.25, 0.3) is 11.0 Å². The fourth-order valence-corrected chi connectivity index (χ4v) is 3.24. The van der Waals surface area contributed by atoms with Crippen molar-refractivity contribution in [2.75, 3.05) is 38.1 Å². The molecular formula is C18H21FN6. The Morgan fingerprint density at radius 1 is 1.12 bits per heavy atom. The molecule has 130 valence electrons. The van der Waals surface area contributed by atoms with Gasteiger partial charge in [0.15, 0.2) is 5.65 Å². The smallest absolute Gasteiger partial charge is 0.163 e. The monoisotopic (exact) mass is 340 g/mol. The largest absolute Gasteiger partial charge is 0.353 e. The normalized spacial score (nSPS) is 15.9. The first-order valence-corrected chi connectivity index (χ1v) is 8.47. The third-order valence-electron chi connectivity index (χ3n) is 4.77. The minimum absolute atomic E-state index is 0.186. The third kappa shape index (κ3) is 3.07. The van der Waals surface area contributed by atoms with E-state index in [9.17, 15) is 4.39 Å². The Labute approximate surface area is 145 Å². The Morgan fingerprint density at radius 2 is 1.92 bits per heavy atom. The van der Waals surface area contributed by atoms with Crippen molar-refractivity contribution in [2.45, 2.75) is 13.5 Å². The summed E-state index contributed by atoms with van der Waals surface area (Å²) in [7, 11) is 2.13. The molecule has 3 heterocycles. The molecule has 0 saturated carbocycles. The van der Waals surface area contributed by atoms with Gasteiger partial charge in [-0.25, -0.2) is 19.0 Å². The summed E-state index contributed by atoms with van der Waals surface area (Å²) in [5, 5.41) is 5.46. The van der Waals surface area contributed by atoms with Gasteiger partial charge < -0.3 is 9.80 Å². The van der Waals surface area contributed by atoms with Crippen LogP contribution < -0.4 is 4.90 Å². The van der Waals surface area contributed by atoms with E-state index in [4.69, 9.17) is 0 Å². The molecule has 0 aliphatic carbocycles. The fraction of sp³-hybridized carbons (Fsp3) is 0.389. The second-order valence-corrected chi connectivity index (χ2v) is 6.61. The van der Waals surface area contributed by atoms with E-state index in [-0.39, 0.29) is 5.82 Å². The number of hydrogen-bond acceptors (Lipinski definition) is 5. The lowest BCUT2D eigenvalue weighted by molar-refractivity contribution is 0.312. The molecule has 0 bridgehead atoms. The van der Waals surface area contributed by atoms with Crippen molar-refractivity contribution in [2.24, 2.45) is 0 Å². The van der Waals surface area contributed by atoms with E-state index in [0.717, 1.165) is 48.6 Å². The molecule has 1 aromatic carbocycles. The average molecular weight is 340 g/mol. The lowest BCUT2D eigenvalue weighted by Gasteiger charge is -2.33. The Hall–Kier alpha value is -2.54. The Balaban J connectivity index is 1.65. The van der Waals surface area contributed by atoms with E-state index in [0.29, 0.717) is 12.1 Å². The maximum absolute atomic E-state index is 13.5. The van der Waals surface area contributed by atoms with Crippen molar-refractivity contribution in [1.82, 2.24) is 24.6 Å². The molecule has 2 aromatic heterocycles.